The molecule has 0 fully saturated rings. The Bertz CT molecular complexity index is 1020. The first-order chi connectivity index (χ1) is 14.9. The van der Waals surface area contributed by atoms with Gasteiger partial charge in [-0.1, -0.05) is 102 Å². The summed E-state index contributed by atoms with van der Waals surface area (Å²) in [4.78, 5) is 10.1. The topological polar surface area (TPSA) is 66.8 Å². The van der Waals surface area contributed by atoms with Crippen molar-refractivity contribution in [1.29, 1.82) is 0 Å². The molecule has 0 saturated carbocycles. The van der Waals surface area contributed by atoms with Crippen LogP contribution in [0.2, 0.25) is 0 Å². The first-order valence-corrected chi connectivity index (χ1v) is 12.0. The summed E-state index contributed by atoms with van der Waals surface area (Å²) in [6.45, 7) is 12.3. The molecule has 3 rings (SSSR count). The van der Waals surface area contributed by atoms with Crippen molar-refractivity contribution in [3.05, 3.63) is 101 Å². The molecule has 0 heterocycles. The van der Waals surface area contributed by atoms with Gasteiger partial charge in [-0.2, -0.15) is 0 Å². The molecule has 1 unspecified atom stereocenters. The first-order valence-electron chi connectivity index (χ1n) is 10.8. The molecule has 0 aliphatic heterocycles. The van der Waals surface area contributed by atoms with Crippen LogP contribution in [0.5, 0.6) is 5.75 Å². The second-order valence-corrected chi connectivity index (χ2v) is 10.9. The standard InChI is InChI=1S/C27H33O4P/c1-25(2,3)22-17-21(18-23(24(22)28)26(4,5)6)27(31-32(29)30,19-13-9-7-10-14-19)20-15-11-8-12-16-20/h7-18,28,32H,1-6H3,(H,29,30). The fraction of sp³-hybridized carbons (Fsp3) is 0.333. The van der Waals surface area contributed by atoms with E-state index < -0.39 is 13.9 Å². The lowest BCUT2D eigenvalue weighted by molar-refractivity contribution is 0.145. The van der Waals surface area contributed by atoms with E-state index in [0.29, 0.717) is 5.56 Å². The van der Waals surface area contributed by atoms with E-state index >= 15 is 0 Å². The molecule has 0 aliphatic carbocycles. The fourth-order valence-corrected chi connectivity index (χ4v) is 4.75. The Kier molecular flexibility index (Phi) is 6.72. The summed E-state index contributed by atoms with van der Waals surface area (Å²) in [6, 6.07) is 22.8. The van der Waals surface area contributed by atoms with Crippen molar-refractivity contribution >= 4 is 8.25 Å². The van der Waals surface area contributed by atoms with Gasteiger partial charge in [-0.05, 0) is 50.8 Å². The van der Waals surface area contributed by atoms with Crippen LogP contribution >= 0.6 is 8.25 Å². The zero-order chi connectivity index (χ0) is 23.7. The quantitative estimate of drug-likeness (QED) is 0.335. The molecule has 3 aromatic rings. The molecule has 3 aromatic carbocycles. The Balaban J connectivity index is 2.51. The van der Waals surface area contributed by atoms with Crippen LogP contribution in [0.15, 0.2) is 72.8 Å². The number of phenols is 1. The number of hydrogen-bond acceptors (Lipinski definition) is 3. The van der Waals surface area contributed by atoms with Crippen molar-refractivity contribution < 1.29 is 19.1 Å². The number of benzene rings is 3. The smallest absolute Gasteiger partial charge is 0.318 e. The van der Waals surface area contributed by atoms with E-state index in [9.17, 15) is 14.6 Å². The lowest BCUT2D eigenvalue weighted by Crippen LogP contribution is -2.32. The predicted molar refractivity (Wildman–Crippen MR) is 131 cm³/mol. The molecule has 0 amide bonds. The molecule has 1 atom stereocenters. The SMILES string of the molecule is CC(C)(C)c1cc(C(O[PH](=O)O)(c2ccccc2)c2ccccc2)cc(C(C)(C)C)c1O. The minimum absolute atomic E-state index is 0.250. The average Bonchev–Trinajstić information content (AvgIpc) is 2.71. The zero-order valence-electron chi connectivity index (χ0n) is 19.6. The highest BCUT2D eigenvalue weighted by Crippen LogP contribution is 2.49. The van der Waals surface area contributed by atoms with Gasteiger partial charge in [-0.15, -0.1) is 0 Å². The highest BCUT2D eigenvalue weighted by molar-refractivity contribution is 7.32. The van der Waals surface area contributed by atoms with Gasteiger partial charge < -0.3 is 10.00 Å². The lowest BCUT2D eigenvalue weighted by atomic mass is 9.73. The fourth-order valence-electron chi connectivity index (χ4n) is 4.13. The third-order valence-corrected chi connectivity index (χ3v) is 6.21. The van der Waals surface area contributed by atoms with Crippen molar-refractivity contribution in [3.63, 3.8) is 0 Å². The second-order valence-electron chi connectivity index (χ2n) is 10.2. The minimum atomic E-state index is -3.35. The first kappa shape index (κ1) is 24.3. The van der Waals surface area contributed by atoms with E-state index in [1.807, 2.05) is 114 Å². The monoisotopic (exact) mass is 452 g/mol. The Morgan fingerprint density at radius 2 is 1.06 bits per heavy atom. The van der Waals surface area contributed by atoms with Crippen molar-refractivity contribution in [3.8, 4) is 5.75 Å². The molecule has 4 nitrogen and oxygen atoms in total. The Morgan fingerprint density at radius 1 is 0.688 bits per heavy atom. The van der Waals surface area contributed by atoms with Crippen LogP contribution < -0.4 is 0 Å². The van der Waals surface area contributed by atoms with Gasteiger partial charge in [0.05, 0.1) is 0 Å². The van der Waals surface area contributed by atoms with Gasteiger partial charge in [-0.25, -0.2) is 0 Å². The van der Waals surface area contributed by atoms with Crippen LogP contribution in [0.3, 0.4) is 0 Å². The Hall–Kier alpha value is -2.39. The Labute approximate surface area is 191 Å². The van der Waals surface area contributed by atoms with E-state index in [2.05, 4.69) is 0 Å². The lowest BCUT2D eigenvalue weighted by Gasteiger charge is -2.37. The van der Waals surface area contributed by atoms with E-state index in [0.717, 1.165) is 22.3 Å². The van der Waals surface area contributed by atoms with Crippen LogP contribution in [0.4, 0.5) is 0 Å². The predicted octanol–water partition coefficient (Wildman–Crippen LogP) is 6.68. The third kappa shape index (κ3) is 4.68. The van der Waals surface area contributed by atoms with Crippen molar-refractivity contribution in [2.24, 2.45) is 0 Å². The van der Waals surface area contributed by atoms with Crippen molar-refractivity contribution in [2.75, 3.05) is 0 Å². The minimum Gasteiger partial charge on any atom is -0.507 e. The van der Waals surface area contributed by atoms with Gasteiger partial charge in [0.1, 0.15) is 5.75 Å². The van der Waals surface area contributed by atoms with Crippen LogP contribution in [-0.2, 0) is 25.5 Å². The highest BCUT2D eigenvalue weighted by atomic mass is 31.1. The zero-order valence-corrected chi connectivity index (χ0v) is 20.6. The van der Waals surface area contributed by atoms with Gasteiger partial charge in [0.25, 0.3) is 0 Å². The van der Waals surface area contributed by atoms with Crippen LogP contribution in [0.1, 0.15) is 69.4 Å². The summed E-state index contributed by atoms with van der Waals surface area (Å²) in [5.74, 6) is 0.250. The molecule has 170 valence electrons. The summed E-state index contributed by atoms with van der Waals surface area (Å²) in [6.07, 6.45) is 0. The van der Waals surface area contributed by atoms with Gasteiger partial charge in [0.2, 0.25) is 0 Å². The molecule has 0 aromatic heterocycles. The average molecular weight is 453 g/mol. The molecule has 5 heteroatoms. The molecule has 32 heavy (non-hydrogen) atoms. The summed E-state index contributed by atoms with van der Waals surface area (Å²) < 4.78 is 18.3. The number of phenolic OH excluding ortho intramolecular Hbond substituents is 1. The van der Waals surface area contributed by atoms with E-state index in [1.165, 1.54) is 0 Å². The molecule has 0 bridgehead atoms. The van der Waals surface area contributed by atoms with Crippen LogP contribution in [0.25, 0.3) is 0 Å². The van der Waals surface area contributed by atoms with Crippen molar-refractivity contribution in [1.82, 2.24) is 0 Å². The summed E-state index contributed by atoms with van der Waals surface area (Å²) in [7, 11) is -3.35. The maximum atomic E-state index is 12.3. The molecule has 0 aliphatic rings. The second kappa shape index (κ2) is 8.86. The van der Waals surface area contributed by atoms with Crippen LogP contribution in [0, 0.1) is 0 Å². The molecular weight excluding hydrogens is 419 g/mol. The highest BCUT2D eigenvalue weighted by Gasteiger charge is 2.41. The number of rotatable bonds is 5. The number of hydrogen-bond donors (Lipinski definition) is 2. The third-order valence-electron chi connectivity index (χ3n) is 5.73. The van der Waals surface area contributed by atoms with Gasteiger partial charge in [0.15, 0.2) is 5.60 Å². The summed E-state index contributed by atoms with van der Waals surface area (Å²) >= 11 is 0. The maximum Gasteiger partial charge on any atom is 0.318 e. The van der Waals surface area contributed by atoms with E-state index in [-0.39, 0.29) is 16.6 Å². The normalized spacial score (nSPS) is 13.7. The van der Waals surface area contributed by atoms with Crippen LogP contribution in [-0.4, -0.2) is 10.00 Å². The van der Waals surface area contributed by atoms with Gasteiger partial charge in [0, 0.05) is 0 Å². The summed E-state index contributed by atoms with van der Waals surface area (Å²) in [5, 5.41) is 11.2. The number of aromatic hydroxyl groups is 1. The van der Waals surface area contributed by atoms with E-state index in [4.69, 9.17) is 4.52 Å². The molecular formula is C27H33O4P. The molecule has 0 radical (unpaired) electrons. The van der Waals surface area contributed by atoms with Crippen molar-refractivity contribution in [2.45, 2.75) is 58.0 Å². The largest absolute Gasteiger partial charge is 0.507 e. The maximum absolute atomic E-state index is 12.3. The Morgan fingerprint density at radius 3 is 1.38 bits per heavy atom. The molecule has 0 spiro atoms. The molecule has 0 saturated heterocycles. The van der Waals surface area contributed by atoms with Gasteiger partial charge in [-0.3, -0.25) is 9.09 Å². The van der Waals surface area contributed by atoms with E-state index in [1.54, 1.807) is 0 Å². The van der Waals surface area contributed by atoms with Gasteiger partial charge >= 0.3 is 8.25 Å². The molecule has 2 N–H and O–H groups in total. The summed E-state index contributed by atoms with van der Waals surface area (Å²) in [5.41, 5.74) is 1.67.